The fourth-order valence-electron chi connectivity index (χ4n) is 1.95. The average molecular weight is 253 g/mol. The molecule has 2 N–H and O–H groups in total. The molecule has 0 aliphatic rings. The molecule has 1 heterocycles. The largest absolute Gasteiger partial charge is 0.493 e. The Labute approximate surface area is 111 Å². The van der Waals surface area contributed by atoms with Crippen molar-refractivity contribution in [3.05, 3.63) is 11.9 Å². The van der Waals surface area contributed by atoms with E-state index in [9.17, 15) is 0 Å². The topological polar surface area (TPSA) is 53.1 Å². The van der Waals surface area contributed by atoms with Gasteiger partial charge in [-0.2, -0.15) is 5.10 Å². The van der Waals surface area contributed by atoms with Gasteiger partial charge in [-0.25, -0.2) is 0 Å². The number of ether oxygens (including phenoxy) is 1. The molecular formula is C14H27N3O. The molecule has 0 saturated heterocycles. The van der Waals surface area contributed by atoms with E-state index >= 15 is 0 Å². The average Bonchev–Trinajstić information content (AvgIpc) is 2.67. The van der Waals surface area contributed by atoms with Crippen LogP contribution in [-0.4, -0.2) is 22.9 Å². The lowest BCUT2D eigenvalue weighted by Gasteiger charge is -2.27. The molecule has 4 nitrogen and oxygen atoms in total. The van der Waals surface area contributed by atoms with Gasteiger partial charge >= 0.3 is 0 Å². The zero-order chi connectivity index (χ0) is 13.9. The fraction of sp³-hybridized carbons (Fsp3) is 0.786. The predicted molar refractivity (Wildman–Crippen MR) is 74.9 cm³/mol. The predicted octanol–water partition coefficient (Wildman–Crippen LogP) is 2.78. The second kappa shape index (κ2) is 5.74. The normalized spacial score (nSPS) is 14.0. The van der Waals surface area contributed by atoms with Crippen LogP contribution >= 0.6 is 0 Å². The zero-order valence-corrected chi connectivity index (χ0v) is 12.5. The first-order chi connectivity index (χ1) is 8.27. The Hall–Kier alpha value is -1.03. The SMILES string of the molecule is COc1cnn(C(C)C)c1CCC(N)C(C)(C)C. The van der Waals surface area contributed by atoms with Crippen LogP contribution in [0.15, 0.2) is 6.20 Å². The third-order valence-corrected chi connectivity index (χ3v) is 3.37. The van der Waals surface area contributed by atoms with Crippen molar-refractivity contribution < 1.29 is 4.74 Å². The molecule has 0 bridgehead atoms. The Kier molecular flexibility index (Phi) is 4.79. The van der Waals surface area contributed by atoms with E-state index < -0.39 is 0 Å². The Balaban J connectivity index is 2.80. The Bertz CT molecular complexity index is 377. The van der Waals surface area contributed by atoms with E-state index in [1.54, 1.807) is 13.3 Å². The van der Waals surface area contributed by atoms with Gasteiger partial charge in [-0.15, -0.1) is 0 Å². The van der Waals surface area contributed by atoms with Gasteiger partial charge in [0, 0.05) is 12.1 Å². The minimum atomic E-state index is 0.135. The van der Waals surface area contributed by atoms with Crippen molar-refractivity contribution >= 4 is 0 Å². The number of hydrogen-bond donors (Lipinski definition) is 1. The maximum Gasteiger partial charge on any atom is 0.159 e. The van der Waals surface area contributed by atoms with Crippen LogP contribution in [0.5, 0.6) is 5.75 Å². The second-order valence-electron chi connectivity index (χ2n) is 6.21. The molecule has 0 aliphatic carbocycles. The summed E-state index contributed by atoms with van der Waals surface area (Å²) in [6.07, 6.45) is 3.63. The second-order valence-corrected chi connectivity index (χ2v) is 6.21. The molecule has 18 heavy (non-hydrogen) atoms. The van der Waals surface area contributed by atoms with E-state index in [4.69, 9.17) is 10.5 Å². The summed E-state index contributed by atoms with van der Waals surface area (Å²) >= 11 is 0. The van der Waals surface area contributed by atoms with Gasteiger partial charge in [0.25, 0.3) is 0 Å². The molecule has 0 aliphatic heterocycles. The molecule has 4 heteroatoms. The van der Waals surface area contributed by atoms with Crippen molar-refractivity contribution in [3.8, 4) is 5.75 Å². The van der Waals surface area contributed by atoms with E-state index in [-0.39, 0.29) is 11.5 Å². The highest BCUT2D eigenvalue weighted by Crippen LogP contribution is 2.26. The highest BCUT2D eigenvalue weighted by molar-refractivity contribution is 5.25. The third kappa shape index (κ3) is 3.48. The molecule has 0 radical (unpaired) electrons. The van der Waals surface area contributed by atoms with Gasteiger partial charge in [0.05, 0.1) is 19.0 Å². The van der Waals surface area contributed by atoms with Crippen molar-refractivity contribution in [2.75, 3.05) is 7.11 Å². The van der Waals surface area contributed by atoms with Gasteiger partial charge in [0.2, 0.25) is 0 Å². The van der Waals surface area contributed by atoms with E-state index in [1.165, 1.54) is 0 Å². The highest BCUT2D eigenvalue weighted by atomic mass is 16.5. The third-order valence-electron chi connectivity index (χ3n) is 3.37. The van der Waals surface area contributed by atoms with Crippen LogP contribution in [0.3, 0.4) is 0 Å². The summed E-state index contributed by atoms with van der Waals surface area (Å²) < 4.78 is 7.39. The van der Waals surface area contributed by atoms with Crippen LogP contribution in [0.4, 0.5) is 0 Å². The molecule has 1 aromatic rings. The molecule has 104 valence electrons. The van der Waals surface area contributed by atoms with Gasteiger partial charge in [0.15, 0.2) is 5.75 Å². The van der Waals surface area contributed by atoms with Crippen molar-refractivity contribution in [3.63, 3.8) is 0 Å². The summed E-state index contributed by atoms with van der Waals surface area (Å²) in [5.74, 6) is 0.866. The van der Waals surface area contributed by atoms with Crippen LogP contribution in [0.2, 0.25) is 0 Å². The number of rotatable bonds is 5. The van der Waals surface area contributed by atoms with E-state index in [0.29, 0.717) is 6.04 Å². The molecular weight excluding hydrogens is 226 g/mol. The lowest BCUT2D eigenvalue weighted by atomic mass is 9.84. The number of hydrogen-bond acceptors (Lipinski definition) is 3. The van der Waals surface area contributed by atoms with Crippen LogP contribution < -0.4 is 10.5 Å². The first-order valence-corrected chi connectivity index (χ1v) is 6.63. The molecule has 1 unspecified atom stereocenters. The lowest BCUT2D eigenvalue weighted by Crippen LogP contribution is -2.35. The Morgan fingerprint density at radius 3 is 2.44 bits per heavy atom. The maximum absolute atomic E-state index is 6.21. The highest BCUT2D eigenvalue weighted by Gasteiger charge is 2.22. The summed E-state index contributed by atoms with van der Waals surface area (Å²) in [6.45, 7) is 10.8. The van der Waals surface area contributed by atoms with Crippen molar-refractivity contribution in [2.45, 2.75) is 59.5 Å². The van der Waals surface area contributed by atoms with Crippen molar-refractivity contribution in [2.24, 2.45) is 11.1 Å². The molecule has 1 atom stereocenters. The molecule has 0 fully saturated rings. The number of aromatic nitrogens is 2. The van der Waals surface area contributed by atoms with Crippen molar-refractivity contribution in [1.29, 1.82) is 0 Å². The first-order valence-electron chi connectivity index (χ1n) is 6.63. The van der Waals surface area contributed by atoms with Gasteiger partial charge < -0.3 is 10.5 Å². The van der Waals surface area contributed by atoms with Gasteiger partial charge in [-0.1, -0.05) is 20.8 Å². The molecule has 1 aromatic heterocycles. The molecule has 0 aromatic carbocycles. The smallest absolute Gasteiger partial charge is 0.159 e. The quantitative estimate of drug-likeness (QED) is 0.878. The first kappa shape index (κ1) is 15.0. The van der Waals surface area contributed by atoms with Crippen LogP contribution in [-0.2, 0) is 6.42 Å². The van der Waals surface area contributed by atoms with Crippen LogP contribution in [0.1, 0.15) is 52.8 Å². The number of nitrogens with zero attached hydrogens (tertiary/aromatic N) is 2. The van der Waals surface area contributed by atoms with Crippen LogP contribution in [0, 0.1) is 5.41 Å². The lowest BCUT2D eigenvalue weighted by molar-refractivity contribution is 0.302. The zero-order valence-electron chi connectivity index (χ0n) is 12.5. The van der Waals surface area contributed by atoms with Crippen molar-refractivity contribution in [1.82, 2.24) is 9.78 Å². The molecule has 0 saturated carbocycles. The van der Waals surface area contributed by atoms with Gasteiger partial charge in [-0.3, -0.25) is 4.68 Å². The Morgan fingerprint density at radius 1 is 1.39 bits per heavy atom. The molecule has 1 rings (SSSR count). The van der Waals surface area contributed by atoms with E-state index in [1.807, 2.05) is 4.68 Å². The van der Waals surface area contributed by atoms with E-state index in [0.717, 1.165) is 24.3 Å². The fourth-order valence-corrected chi connectivity index (χ4v) is 1.95. The summed E-state index contributed by atoms with van der Waals surface area (Å²) in [6, 6.07) is 0.521. The van der Waals surface area contributed by atoms with Crippen LogP contribution in [0.25, 0.3) is 0 Å². The maximum atomic E-state index is 6.21. The summed E-state index contributed by atoms with van der Waals surface area (Å²) in [5.41, 5.74) is 7.49. The van der Waals surface area contributed by atoms with Gasteiger partial charge in [0.1, 0.15) is 0 Å². The number of nitrogens with two attached hydrogens (primary N) is 1. The number of methoxy groups -OCH3 is 1. The standard InChI is InChI=1S/C14H27N3O/c1-10(2)17-11(12(18-6)9-16-17)7-8-13(15)14(3,4)5/h9-10,13H,7-8,15H2,1-6H3. The summed E-state index contributed by atoms with van der Waals surface area (Å²) in [4.78, 5) is 0. The summed E-state index contributed by atoms with van der Waals surface area (Å²) in [7, 11) is 1.69. The monoisotopic (exact) mass is 253 g/mol. The Morgan fingerprint density at radius 2 is 2.00 bits per heavy atom. The summed E-state index contributed by atoms with van der Waals surface area (Å²) in [5, 5.41) is 4.38. The van der Waals surface area contributed by atoms with E-state index in [2.05, 4.69) is 39.7 Å². The molecule has 0 amide bonds. The minimum Gasteiger partial charge on any atom is -0.493 e. The molecule has 0 spiro atoms. The van der Waals surface area contributed by atoms with Gasteiger partial charge in [-0.05, 0) is 32.1 Å². The minimum absolute atomic E-state index is 0.135.